The van der Waals surface area contributed by atoms with Gasteiger partial charge in [-0.3, -0.25) is 10.6 Å². The number of ether oxygens (including phenoxy) is 1. The highest BCUT2D eigenvalue weighted by Gasteiger charge is 2.46. The average Bonchev–Trinajstić information content (AvgIpc) is 2.15. The molecular formula is C11H20N2O4. The lowest BCUT2D eigenvalue weighted by Gasteiger charge is -2.41. The van der Waals surface area contributed by atoms with Crippen molar-refractivity contribution in [2.75, 3.05) is 6.54 Å². The van der Waals surface area contributed by atoms with Crippen molar-refractivity contribution in [1.82, 2.24) is 4.90 Å². The number of likely N-dealkylation sites (tertiary alicyclic amines) is 1. The Kier molecular flexibility index (Phi) is 3.66. The molecule has 1 atom stereocenters. The number of nitrogens with two attached hydrogens (primary N) is 1. The van der Waals surface area contributed by atoms with E-state index in [2.05, 4.69) is 0 Å². The molecule has 3 N–H and O–H groups in total. The van der Waals surface area contributed by atoms with E-state index in [4.69, 9.17) is 15.6 Å². The Morgan fingerprint density at radius 1 is 1.35 bits per heavy atom. The van der Waals surface area contributed by atoms with Crippen molar-refractivity contribution >= 4 is 12.1 Å². The number of carboxylic acids is 1. The zero-order chi connectivity index (χ0) is 13.3. The maximum absolute atomic E-state index is 11.9. The Morgan fingerprint density at radius 2 is 1.94 bits per heavy atom. The third-order valence-electron chi connectivity index (χ3n) is 2.66. The van der Waals surface area contributed by atoms with Gasteiger partial charge in [0, 0.05) is 6.54 Å². The highest BCUT2D eigenvalue weighted by Crippen LogP contribution is 2.25. The van der Waals surface area contributed by atoms with Gasteiger partial charge < -0.3 is 9.84 Å². The highest BCUT2D eigenvalue weighted by molar-refractivity contribution is 5.84. The molecule has 1 rings (SSSR count). The third kappa shape index (κ3) is 3.09. The molecule has 0 aromatic heterocycles. The molecule has 0 aromatic carbocycles. The van der Waals surface area contributed by atoms with Gasteiger partial charge >= 0.3 is 12.1 Å². The van der Waals surface area contributed by atoms with Crippen LogP contribution >= 0.6 is 0 Å². The van der Waals surface area contributed by atoms with Gasteiger partial charge in [0.25, 0.3) is 0 Å². The maximum atomic E-state index is 11.9. The summed E-state index contributed by atoms with van der Waals surface area (Å²) in [5, 5.41) is 9.14. The minimum Gasteiger partial charge on any atom is -0.478 e. The number of carboxylic acid groups (broad SMARTS) is 1. The molecule has 1 fully saturated rings. The van der Waals surface area contributed by atoms with Crippen LogP contribution in [0.4, 0.5) is 4.79 Å². The Morgan fingerprint density at radius 3 is 2.41 bits per heavy atom. The van der Waals surface area contributed by atoms with Gasteiger partial charge in [-0.15, -0.1) is 0 Å². The van der Waals surface area contributed by atoms with Crippen molar-refractivity contribution in [3.63, 3.8) is 0 Å². The number of amides is 1. The minimum atomic E-state index is -1.64. The van der Waals surface area contributed by atoms with E-state index >= 15 is 0 Å². The first-order valence-electron chi connectivity index (χ1n) is 5.70. The Bertz CT molecular complexity index is 324. The van der Waals surface area contributed by atoms with Crippen LogP contribution in [0.15, 0.2) is 0 Å². The second-order valence-electron chi connectivity index (χ2n) is 5.32. The number of hydrogen-bond donors (Lipinski definition) is 2. The smallest absolute Gasteiger partial charge is 0.412 e. The monoisotopic (exact) mass is 244 g/mol. The summed E-state index contributed by atoms with van der Waals surface area (Å²) in [7, 11) is 0. The zero-order valence-corrected chi connectivity index (χ0v) is 10.5. The number of piperidine rings is 1. The van der Waals surface area contributed by atoms with Crippen LogP contribution in [0.3, 0.4) is 0 Å². The minimum absolute atomic E-state index is 0.252. The summed E-state index contributed by atoms with van der Waals surface area (Å²) in [6.45, 7) is 5.51. The molecular weight excluding hydrogens is 224 g/mol. The average molecular weight is 244 g/mol. The van der Waals surface area contributed by atoms with Crippen molar-refractivity contribution < 1.29 is 19.4 Å². The first kappa shape index (κ1) is 13.8. The lowest BCUT2D eigenvalue weighted by atomic mass is 9.96. The first-order chi connectivity index (χ1) is 7.67. The molecule has 1 aliphatic rings. The summed E-state index contributed by atoms with van der Waals surface area (Å²) in [4.78, 5) is 24.2. The molecule has 98 valence electrons. The number of carbonyl (C=O) groups is 2. The largest absolute Gasteiger partial charge is 0.478 e. The highest BCUT2D eigenvalue weighted by atomic mass is 16.6. The number of nitrogens with zero attached hydrogens (tertiary/aromatic N) is 1. The van der Waals surface area contributed by atoms with Crippen LogP contribution in [0.1, 0.15) is 40.0 Å². The van der Waals surface area contributed by atoms with Crippen LogP contribution in [0, 0.1) is 0 Å². The van der Waals surface area contributed by atoms with Crippen molar-refractivity contribution in [3.8, 4) is 0 Å². The van der Waals surface area contributed by atoms with E-state index in [9.17, 15) is 9.59 Å². The Labute approximate surface area is 101 Å². The van der Waals surface area contributed by atoms with E-state index in [0.29, 0.717) is 13.0 Å². The first-order valence-corrected chi connectivity index (χ1v) is 5.70. The topological polar surface area (TPSA) is 92.9 Å². The van der Waals surface area contributed by atoms with E-state index < -0.39 is 23.3 Å². The van der Waals surface area contributed by atoms with E-state index in [0.717, 1.165) is 11.3 Å². The number of rotatable bonds is 1. The number of aliphatic carboxylic acids is 1. The lowest BCUT2D eigenvalue weighted by molar-refractivity contribution is -0.153. The van der Waals surface area contributed by atoms with E-state index in [-0.39, 0.29) is 6.42 Å². The van der Waals surface area contributed by atoms with Crippen LogP contribution in [0.2, 0.25) is 0 Å². The number of hydrogen-bond acceptors (Lipinski definition) is 4. The van der Waals surface area contributed by atoms with Gasteiger partial charge in [-0.05, 0) is 40.0 Å². The van der Waals surface area contributed by atoms with Crippen molar-refractivity contribution in [2.24, 2.45) is 5.73 Å². The van der Waals surface area contributed by atoms with E-state index in [1.54, 1.807) is 20.8 Å². The second kappa shape index (κ2) is 4.52. The molecule has 1 saturated heterocycles. The molecule has 0 radical (unpaired) electrons. The number of carbonyl (C=O) groups excluding carboxylic acids is 1. The predicted molar refractivity (Wildman–Crippen MR) is 61.3 cm³/mol. The van der Waals surface area contributed by atoms with E-state index in [1.807, 2.05) is 0 Å². The summed E-state index contributed by atoms with van der Waals surface area (Å²) in [5.41, 5.74) is 3.49. The predicted octanol–water partition coefficient (Wildman–Crippen LogP) is 1.15. The molecule has 6 heteroatoms. The van der Waals surface area contributed by atoms with Crippen LogP contribution in [-0.4, -0.2) is 39.9 Å². The zero-order valence-electron chi connectivity index (χ0n) is 10.5. The van der Waals surface area contributed by atoms with Gasteiger partial charge in [-0.2, -0.15) is 0 Å². The fourth-order valence-electron chi connectivity index (χ4n) is 1.79. The van der Waals surface area contributed by atoms with Crippen LogP contribution in [0.25, 0.3) is 0 Å². The molecule has 17 heavy (non-hydrogen) atoms. The quantitative estimate of drug-likeness (QED) is 0.721. The molecule has 0 bridgehead atoms. The van der Waals surface area contributed by atoms with Gasteiger partial charge in [-0.25, -0.2) is 9.59 Å². The van der Waals surface area contributed by atoms with Crippen molar-refractivity contribution in [2.45, 2.75) is 51.3 Å². The summed E-state index contributed by atoms with van der Waals surface area (Å²) >= 11 is 0. The fraction of sp³-hybridized carbons (Fsp3) is 0.818. The molecule has 0 spiro atoms. The van der Waals surface area contributed by atoms with Crippen LogP contribution < -0.4 is 5.73 Å². The van der Waals surface area contributed by atoms with Gasteiger partial charge in [0.2, 0.25) is 0 Å². The van der Waals surface area contributed by atoms with Crippen molar-refractivity contribution in [1.29, 1.82) is 0 Å². The normalized spacial score (nSPS) is 25.5. The van der Waals surface area contributed by atoms with Gasteiger partial charge in [-0.1, -0.05) is 0 Å². The molecule has 0 saturated carbocycles. The summed E-state index contributed by atoms with van der Waals surface area (Å²) < 4.78 is 5.17. The maximum Gasteiger partial charge on any atom is 0.412 e. The molecule has 1 amide bonds. The van der Waals surface area contributed by atoms with Crippen LogP contribution in [-0.2, 0) is 9.53 Å². The Hall–Kier alpha value is -1.30. The van der Waals surface area contributed by atoms with Crippen LogP contribution in [0.5, 0.6) is 0 Å². The Balaban J connectivity index is 2.86. The molecule has 1 heterocycles. The fourth-order valence-corrected chi connectivity index (χ4v) is 1.79. The molecule has 0 aromatic rings. The summed E-state index contributed by atoms with van der Waals surface area (Å²) in [6, 6.07) is 0. The van der Waals surface area contributed by atoms with E-state index in [1.165, 1.54) is 0 Å². The second-order valence-corrected chi connectivity index (χ2v) is 5.32. The molecule has 0 aliphatic carbocycles. The lowest BCUT2D eigenvalue weighted by Crippen LogP contribution is -2.65. The third-order valence-corrected chi connectivity index (χ3v) is 2.66. The summed E-state index contributed by atoms with van der Waals surface area (Å²) in [5.74, 6) is -1.19. The van der Waals surface area contributed by atoms with Crippen molar-refractivity contribution in [3.05, 3.63) is 0 Å². The SMILES string of the molecule is CC(C)(C)OC(=O)N1CCCCC1(N)C(=O)O. The standard InChI is InChI=1S/C11H20N2O4/c1-10(2,3)17-9(16)13-7-5-4-6-11(13,12)8(14)15/h4-7,12H2,1-3H3,(H,14,15). The van der Waals surface area contributed by atoms with Gasteiger partial charge in [0.05, 0.1) is 0 Å². The summed E-state index contributed by atoms with van der Waals surface area (Å²) in [6.07, 6.45) is 1.02. The molecule has 1 unspecified atom stereocenters. The molecule has 6 nitrogen and oxygen atoms in total. The molecule has 1 aliphatic heterocycles. The van der Waals surface area contributed by atoms with Gasteiger partial charge in [0.1, 0.15) is 5.60 Å². The van der Waals surface area contributed by atoms with Gasteiger partial charge in [0.15, 0.2) is 5.66 Å².